The molecule has 126 valence electrons. The van der Waals surface area contributed by atoms with E-state index >= 15 is 0 Å². The van der Waals surface area contributed by atoms with Gasteiger partial charge in [-0.1, -0.05) is 44.7 Å². The lowest BCUT2D eigenvalue weighted by Crippen LogP contribution is -2.66. The Balaban J connectivity index is 3.17. The third kappa shape index (κ3) is 3.61. The monoisotopic (exact) mass is 308 g/mol. The summed E-state index contributed by atoms with van der Waals surface area (Å²) in [5.41, 5.74) is 0.882. The number of rotatable bonds is 8. The van der Waals surface area contributed by atoms with Crippen molar-refractivity contribution in [3.05, 3.63) is 25.3 Å². The van der Waals surface area contributed by atoms with Crippen molar-refractivity contribution in [2.24, 2.45) is 11.1 Å². The van der Waals surface area contributed by atoms with Crippen LogP contribution in [-0.2, 0) is 9.68 Å². The van der Waals surface area contributed by atoms with Gasteiger partial charge in [0.15, 0.2) is 0 Å². The Labute approximate surface area is 135 Å². The van der Waals surface area contributed by atoms with Crippen LogP contribution in [0.5, 0.6) is 0 Å². The zero-order chi connectivity index (χ0) is 16.8. The van der Waals surface area contributed by atoms with E-state index in [0.29, 0.717) is 13.2 Å². The summed E-state index contributed by atoms with van der Waals surface area (Å²) < 4.78 is 0. The summed E-state index contributed by atoms with van der Waals surface area (Å²) in [6, 6.07) is 0. The molecule has 0 aliphatic carbocycles. The molecule has 0 aromatic carbocycles. The van der Waals surface area contributed by atoms with Crippen LogP contribution in [0.2, 0.25) is 0 Å². The maximum absolute atomic E-state index is 6.09. The van der Waals surface area contributed by atoms with Gasteiger partial charge in [-0.05, 0) is 26.7 Å². The smallest absolute Gasteiger partial charge is 0.135 e. The molecule has 1 heterocycles. The quantitative estimate of drug-likeness (QED) is 0.380. The first-order valence-corrected chi connectivity index (χ1v) is 8.23. The van der Waals surface area contributed by atoms with Gasteiger partial charge < -0.3 is 4.84 Å². The molecular formula is C18H32N2O2. The Morgan fingerprint density at radius 1 is 1.23 bits per heavy atom. The molecule has 1 rings (SSSR count). The third-order valence-corrected chi connectivity index (χ3v) is 5.12. The van der Waals surface area contributed by atoms with Crippen molar-refractivity contribution in [1.29, 1.82) is 0 Å². The maximum atomic E-state index is 6.09. The fraction of sp³-hybridized carbons (Fsp3) is 0.722. The molecule has 0 radical (unpaired) electrons. The van der Waals surface area contributed by atoms with E-state index in [2.05, 4.69) is 58.0 Å². The van der Waals surface area contributed by atoms with Crippen LogP contribution < -0.4 is 0 Å². The minimum atomic E-state index is -0.123. The minimum Gasteiger partial charge on any atom is -0.392 e. The Kier molecular flexibility index (Phi) is 6.82. The maximum Gasteiger partial charge on any atom is 0.135 e. The largest absolute Gasteiger partial charge is 0.392 e. The summed E-state index contributed by atoms with van der Waals surface area (Å²) >= 11 is 0. The zero-order valence-electron chi connectivity index (χ0n) is 14.9. The van der Waals surface area contributed by atoms with Crippen molar-refractivity contribution in [2.75, 3.05) is 13.2 Å². The van der Waals surface area contributed by atoms with Crippen LogP contribution >= 0.6 is 0 Å². The highest BCUT2D eigenvalue weighted by molar-refractivity contribution is 5.89. The molecule has 1 saturated heterocycles. The number of hydrogen-bond donors (Lipinski definition) is 0. The highest BCUT2D eigenvalue weighted by Gasteiger charge is 2.52. The second-order valence-corrected chi connectivity index (χ2v) is 6.51. The Morgan fingerprint density at radius 3 is 2.36 bits per heavy atom. The van der Waals surface area contributed by atoms with Gasteiger partial charge in [-0.2, -0.15) is 5.06 Å². The molecule has 0 bridgehead atoms. The predicted molar refractivity (Wildman–Crippen MR) is 92.7 cm³/mol. The lowest BCUT2D eigenvalue weighted by atomic mass is 9.70. The van der Waals surface area contributed by atoms with Gasteiger partial charge in [0.2, 0.25) is 0 Å². The molecule has 4 heteroatoms. The fourth-order valence-electron chi connectivity index (χ4n) is 3.20. The summed E-state index contributed by atoms with van der Waals surface area (Å²) in [4.78, 5) is 11.5. The Bertz CT molecular complexity index is 421. The molecule has 22 heavy (non-hydrogen) atoms. The predicted octanol–water partition coefficient (Wildman–Crippen LogP) is 4.34. The minimum absolute atomic E-state index is 0.101. The highest BCUT2D eigenvalue weighted by Crippen LogP contribution is 2.44. The molecule has 0 saturated carbocycles. The zero-order valence-corrected chi connectivity index (χ0v) is 14.9. The number of oxime groups is 1. The molecule has 3 atom stereocenters. The van der Waals surface area contributed by atoms with Crippen LogP contribution in [0.15, 0.2) is 30.5 Å². The lowest BCUT2D eigenvalue weighted by molar-refractivity contribution is -0.281. The van der Waals surface area contributed by atoms with Gasteiger partial charge >= 0.3 is 0 Å². The van der Waals surface area contributed by atoms with E-state index in [1.807, 2.05) is 0 Å². The van der Waals surface area contributed by atoms with Gasteiger partial charge in [-0.25, -0.2) is 0 Å². The number of hydrogen-bond acceptors (Lipinski definition) is 4. The normalized spacial score (nSPS) is 34.6. The second-order valence-electron chi connectivity index (χ2n) is 6.51. The molecule has 0 aromatic heterocycles. The lowest BCUT2D eigenvalue weighted by Gasteiger charge is -2.56. The standard InChI is InChI=1S/C18H32N2O2/c1-8-12-21-19-16-14-17(6,10-3)20(22-13-9-2)18(7,11-4)15(16)5/h8-9,15H,1-2,10-14H2,3-7H3. The van der Waals surface area contributed by atoms with Crippen molar-refractivity contribution in [3.63, 3.8) is 0 Å². The van der Waals surface area contributed by atoms with Crippen molar-refractivity contribution in [1.82, 2.24) is 5.06 Å². The summed E-state index contributed by atoms with van der Waals surface area (Å²) in [6.07, 6.45) is 6.31. The molecule has 0 N–H and O–H groups in total. The van der Waals surface area contributed by atoms with Gasteiger partial charge in [-0.3, -0.25) is 4.84 Å². The molecule has 1 aliphatic rings. The number of nitrogens with zero attached hydrogens (tertiary/aromatic N) is 2. The topological polar surface area (TPSA) is 34.1 Å². The van der Waals surface area contributed by atoms with Crippen molar-refractivity contribution < 1.29 is 9.68 Å². The number of hydroxylamine groups is 2. The van der Waals surface area contributed by atoms with Crippen molar-refractivity contribution in [2.45, 2.75) is 65.0 Å². The molecule has 1 aliphatic heterocycles. The SMILES string of the molecule is C=CCON=C1CC(C)(CC)N(OCC=C)C(C)(CC)C1C. The van der Waals surface area contributed by atoms with Crippen LogP contribution in [0.3, 0.4) is 0 Å². The van der Waals surface area contributed by atoms with E-state index < -0.39 is 0 Å². The van der Waals surface area contributed by atoms with Crippen molar-refractivity contribution in [3.8, 4) is 0 Å². The molecule has 0 amide bonds. The van der Waals surface area contributed by atoms with E-state index in [-0.39, 0.29) is 17.0 Å². The molecular weight excluding hydrogens is 276 g/mol. The molecule has 1 fully saturated rings. The first kappa shape index (κ1) is 18.9. The van der Waals surface area contributed by atoms with Gasteiger partial charge in [0.25, 0.3) is 0 Å². The van der Waals surface area contributed by atoms with Crippen LogP contribution in [0, 0.1) is 5.92 Å². The van der Waals surface area contributed by atoms with E-state index in [9.17, 15) is 0 Å². The molecule has 4 nitrogen and oxygen atoms in total. The Hall–Kier alpha value is -1.13. The van der Waals surface area contributed by atoms with Gasteiger partial charge in [0.05, 0.1) is 17.9 Å². The molecule has 0 aromatic rings. The Morgan fingerprint density at radius 2 is 1.86 bits per heavy atom. The van der Waals surface area contributed by atoms with Gasteiger partial charge in [-0.15, -0.1) is 6.58 Å². The third-order valence-electron chi connectivity index (χ3n) is 5.12. The van der Waals surface area contributed by atoms with Crippen LogP contribution in [0.4, 0.5) is 0 Å². The summed E-state index contributed by atoms with van der Waals surface area (Å²) in [5, 5.41) is 6.59. The van der Waals surface area contributed by atoms with Crippen LogP contribution in [0.25, 0.3) is 0 Å². The number of piperidine rings is 1. The first-order chi connectivity index (χ1) is 10.4. The van der Waals surface area contributed by atoms with E-state index in [0.717, 1.165) is 25.0 Å². The fourth-order valence-corrected chi connectivity index (χ4v) is 3.20. The molecule has 0 spiro atoms. The van der Waals surface area contributed by atoms with Gasteiger partial charge in [0, 0.05) is 17.9 Å². The summed E-state index contributed by atoms with van der Waals surface area (Å²) in [7, 11) is 0. The van der Waals surface area contributed by atoms with Crippen molar-refractivity contribution >= 4 is 5.71 Å². The van der Waals surface area contributed by atoms with Crippen LogP contribution in [0.1, 0.15) is 53.9 Å². The first-order valence-electron chi connectivity index (χ1n) is 8.23. The second kappa shape index (κ2) is 7.93. The van der Waals surface area contributed by atoms with Crippen LogP contribution in [-0.4, -0.2) is 35.1 Å². The highest BCUT2D eigenvalue weighted by atomic mass is 16.7. The summed E-state index contributed by atoms with van der Waals surface area (Å²) in [5.74, 6) is 0.256. The summed E-state index contributed by atoms with van der Waals surface area (Å²) in [6.45, 7) is 19.5. The van der Waals surface area contributed by atoms with E-state index in [1.54, 1.807) is 12.2 Å². The average molecular weight is 308 g/mol. The molecule has 3 unspecified atom stereocenters. The van der Waals surface area contributed by atoms with Gasteiger partial charge in [0.1, 0.15) is 6.61 Å². The van der Waals surface area contributed by atoms with E-state index in [4.69, 9.17) is 9.68 Å². The average Bonchev–Trinajstić information content (AvgIpc) is 2.52. The van der Waals surface area contributed by atoms with E-state index in [1.165, 1.54) is 0 Å².